The lowest BCUT2D eigenvalue weighted by Crippen LogP contribution is -2.11. The normalized spacial score (nSPS) is 10.0. The van der Waals surface area contributed by atoms with E-state index in [1.165, 1.54) is 10.2 Å². The topological polar surface area (TPSA) is 34.9 Å². The van der Waals surface area contributed by atoms with Crippen molar-refractivity contribution in [2.75, 3.05) is 0 Å². The maximum absolute atomic E-state index is 11.1. The van der Waals surface area contributed by atoms with Gasteiger partial charge in [0.05, 0.1) is 5.69 Å². The van der Waals surface area contributed by atoms with Crippen LogP contribution in [-0.2, 0) is 0 Å². The van der Waals surface area contributed by atoms with Crippen molar-refractivity contribution in [3.05, 3.63) is 45.5 Å². The Morgan fingerprint density at radius 1 is 1.25 bits per heavy atom. The molecule has 4 heteroatoms. The molecule has 1 aromatic heterocycles. The fourth-order valence-corrected chi connectivity index (χ4v) is 1.44. The maximum atomic E-state index is 11.1. The number of aromatic nitrogens is 2. The van der Waals surface area contributed by atoms with Crippen molar-refractivity contribution in [3.8, 4) is 5.69 Å². The number of para-hydroxylation sites is 1. The standard InChI is InChI=1S/C8H6N2OS/c11-8-10(9-6-12-8)7-4-2-1-3-5-7/h1-6H. The van der Waals surface area contributed by atoms with Gasteiger partial charge in [-0.05, 0) is 12.1 Å². The molecule has 12 heavy (non-hydrogen) atoms. The lowest BCUT2D eigenvalue weighted by Gasteiger charge is -1.95. The first-order chi connectivity index (χ1) is 5.88. The smallest absolute Gasteiger partial charge is 0.255 e. The molecule has 2 rings (SSSR count). The Hall–Kier alpha value is -1.42. The number of benzene rings is 1. The van der Waals surface area contributed by atoms with Crippen LogP contribution in [-0.4, -0.2) is 9.78 Å². The summed E-state index contributed by atoms with van der Waals surface area (Å²) >= 11 is 1.10. The minimum absolute atomic E-state index is 0.0544. The lowest BCUT2D eigenvalue weighted by molar-refractivity contribution is 0.852. The van der Waals surface area contributed by atoms with E-state index in [4.69, 9.17) is 0 Å². The zero-order valence-corrected chi connectivity index (χ0v) is 6.99. The van der Waals surface area contributed by atoms with Gasteiger partial charge in [0.1, 0.15) is 5.51 Å². The highest BCUT2D eigenvalue weighted by molar-refractivity contribution is 7.06. The van der Waals surface area contributed by atoms with Crippen LogP contribution in [0, 0.1) is 0 Å². The Kier molecular flexibility index (Phi) is 1.75. The van der Waals surface area contributed by atoms with Gasteiger partial charge in [0.2, 0.25) is 0 Å². The Morgan fingerprint density at radius 2 is 2.00 bits per heavy atom. The largest absolute Gasteiger partial charge is 0.329 e. The summed E-state index contributed by atoms with van der Waals surface area (Å²) in [7, 11) is 0. The Bertz CT molecular complexity index is 418. The van der Waals surface area contributed by atoms with Gasteiger partial charge in [0, 0.05) is 0 Å². The Morgan fingerprint density at radius 3 is 2.58 bits per heavy atom. The third-order valence-electron chi connectivity index (χ3n) is 1.49. The first kappa shape index (κ1) is 7.24. The van der Waals surface area contributed by atoms with E-state index in [1.807, 2.05) is 30.3 Å². The van der Waals surface area contributed by atoms with Gasteiger partial charge in [-0.25, -0.2) is 0 Å². The minimum Gasteiger partial charge on any atom is -0.255 e. The molecule has 0 fully saturated rings. The highest BCUT2D eigenvalue weighted by Gasteiger charge is 1.98. The fraction of sp³-hybridized carbons (Fsp3) is 0. The molecule has 0 aliphatic carbocycles. The second-order valence-corrected chi connectivity index (χ2v) is 3.05. The second kappa shape index (κ2) is 2.91. The summed E-state index contributed by atoms with van der Waals surface area (Å²) in [5, 5.41) is 3.91. The minimum atomic E-state index is -0.0544. The van der Waals surface area contributed by atoms with Crippen molar-refractivity contribution in [2.24, 2.45) is 0 Å². The van der Waals surface area contributed by atoms with Crippen molar-refractivity contribution >= 4 is 11.3 Å². The fourth-order valence-electron chi connectivity index (χ4n) is 0.954. The van der Waals surface area contributed by atoms with E-state index in [-0.39, 0.29) is 4.87 Å². The molecule has 0 aliphatic rings. The summed E-state index contributed by atoms with van der Waals surface area (Å²) in [6.45, 7) is 0. The van der Waals surface area contributed by atoms with Crippen LogP contribution < -0.4 is 4.87 Å². The van der Waals surface area contributed by atoms with Crippen LogP contribution in [0.25, 0.3) is 5.69 Å². The number of hydrogen-bond acceptors (Lipinski definition) is 3. The molecule has 0 amide bonds. The van der Waals surface area contributed by atoms with E-state index in [9.17, 15) is 4.79 Å². The van der Waals surface area contributed by atoms with Gasteiger partial charge in [0.25, 0.3) is 0 Å². The highest BCUT2D eigenvalue weighted by Crippen LogP contribution is 2.01. The van der Waals surface area contributed by atoms with Gasteiger partial charge in [-0.1, -0.05) is 29.5 Å². The number of hydrogen-bond donors (Lipinski definition) is 0. The van der Waals surface area contributed by atoms with Crippen LogP contribution in [0.3, 0.4) is 0 Å². The van der Waals surface area contributed by atoms with Crippen molar-refractivity contribution in [2.45, 2.75) is 0 Å². The molecular weight excluding hydrogens is 172 g/mol. The average Bonchev–Trinajstić information content (AvgIpc) is 2.53. The lowest BCUT2D eigenvalue weighted by atomic mass is 10.3. The van der Waals surface area contributed by atoms with Crippen molar-refractivity contribution < 1.29 is 0 Å². The maximum Gasteiger partial charge on any atom is 0.329 e. The second-order valence-electron chi connectivity index (χ2n) is 2.25. The molecule has 0 spiro atoms. The number of rotatable bonds is 1. The molecule has 0 bridgehead atoms. The van der Waals surface area contributed by atoms with Crippen molar-refractivity contribution in [1.29, 1.82) is 0 Å². The average molecular weight is 178 g/mol. The SMILES string of the molecule is O=c1scnn1-c1ccccc1. The zero-order valence-electron chi connectivity index (χ0n) is 6.18. The van der Waals surface area contributed by atoms with E-state index >= 15 is 0 Å². The summed E-state index contributed by atoms with van der Waals surface area (Å²) < 4.78 is 1.38. The van der Waals surface area contributed by atoms with Crippen LogP contribution in [0.15, 0.2) is 40.6 Å². The molecule has 3 nitrogen and oxygen atoms in total. The van der Waals surface area contributed by atoms with Gasteiger partial charge >= 0.3 is 4.87 Å². The third-order valence-corrected chi connectivity index (χ3v) is 2.06. The summed E-state index contributed by atoms with van der Waals surface area (Å²) in [5.41, 5.74) is 2.35. The van der Waals surface area contributed by atoms with Crippen molar-refractivity contribution in [1.82, 2.24) is 9.78 Å². The molecule has 0 unspecified atom stereocenters. The van der Waals surface area contributed by atoms with Crippen LogP contribution in [0.2, 0.25) is 0 Å². The Balaban J connectivity index is 2.59. The molecule has 0 atom stereocenters. The van der Waals surface area contributed by atoms with Crippen LogP contribution >= 0.6 is 11.3 Å². The highest BCUT2D eigenvalue weighted by atomic mass is 32.1. The molecule has 0 N–H and O–H groups in total. The molecular formula is C8H6N2OS. The first-order valence-electron chi connectivity index (χ1n) is 3.46. The summed E-state index contributed by atoms with van der Waals surface area (Å²) in [6, 6.07) is 9.35. The predicted octanol–water partition coefficient (Wildman–Crippen LogP) is 1.29. The summed E-state index contributed by atoms with van der Waals surface area (Å²) in [4.78, 5) is 11.1. The summed E-state index contributed by atoms with van der Waals surface area (Å²) in [5.74, 6) is 0. The van der Waals surface area contributed by atoms with E-state index in [2.05, 4.69) is 5.10 Å². The molecule has 0 aliphatic heterocycles. The summed E-state index contributed by atoms with van der Waals surface area (Å²) in [6.07, 6.45) is 0. The van der Waals surface area contributed by atoms with E-state index in [1.54, 1.807) is 0 Å². The predicted molar refractivity (Wildman–Crippen MR) is 47.7 cm³/mol. The Labute approximate surface area is 72.9 Å². The van der Waals surface area contributed by atoms with Crippen molar-refractivity contribution in [3.63, 3.8) is 0 Å². The van der Waals surface area contributed by atoms with Crippen LogP contribution in [0.5, 0.6) is 0 Å². The van der Waals surface area contributed by atoms with Gasteiger partial charge in [-0.15, -0.1) is 0 Å². The first-order valence-corrected chi connectivity index (χ1v) is 4.34. The van der Waals surface area contributed by atoms with E-state index < -0.39 is 0 Å². The van der Waals surface area contributed by atoms with Crippen LogP contribution in [0.4, 0.5) is 0 Å². The van der Waals surface area contributed by atoms with Gasteiger partial charge in [0.15, 0.2) is 0 Å². The van der Waals surface area contributed by atoms with E-state index in [0.29, 0.717) is 0 Å². The van der Waals surface area contributed by atoms with Crippen LogP contribution in [0.1, 0.15) is 0 Å². The molecule has 60 valence electrons. The monoisotopic (exact) mass is 178 g/mol. The molecule has 1 aromatic carbocycles. The quantitative estimate of drug-likeness (QED) is 0.659. The molecule has 0 saturated carbocycles. The number of nitrogens with zero attached hydrogens (tertiary/aromatic N) is 2. The van der Waals surface area contributed by atoms with Gasteiger partial charge in [-0.2, -0.15) is 9.78 Å². The van der Waals surface area contributed by atoms with Gasteiger partial charge in [-0.3, -0.25) is 4.79 Å². The van der Waals surface area contributed by atoms with E-state index in [0.717, 1.165) is 17.0 Å². The van der Waals surface area contributed by atoms with Gasteiger partial charge < -0.3 is 0 Å². The molecule has 0 saturated heterocycles. The molecule has 0 radical (unpaired) electrons. The zero-order chi connectivity index (χ0) is 8.39. The molecule has 2 aromatic rings. The molecule has 1 heterocycles. The third kappa shape index (κ3) is 1.16.